The molecule has 1 aromatic rings. The van der Waals surface area contributed by atoms with Gasteiger partial charge >= 0.3 is 0 Å². The SMILES string of the molecule is Cc1c(Cl)nc(C2CC2)nc1NCCCC1CCCC1. The second kappa shape index (κ2) is 6.30. The Morgan fingerprint density at radius 1 is 1.15 bits per heavy atom. The molecule has 1 heterocycles. The molecule has 0 amide bonds. The number of nitrogens with zero attached hydrogens (tertiary/aromatic N) is 2. The first-order valence-electron chi connectivity index (χ1n) is 8.02. The number of anilines is 1. The second-order valence-corrected chi connectivity index (χ2v) is 6.70. The molecule has 0 bridgehead atoms. The van der Waals surface area contributed by atoms with Crippen molar-refractivity contribution in [3.8, 4) is 0 Å². The zero-order valence-electron chi connectivity index (χ0n) is 12.3. The molecular weight excluding hydrogens is 270 g/mol. The lowest BCUT2D eigenvalue weighted by Gasteiger charge is -2.12. The Bertz CT molecular complexity index is 465. The highest BCUT2D eigenvalue weighted by Gasteiger charge is 2.28. The van der Waals surface area contributed by atoms with E-state index in [0.29, 0.717) is 11.1 Å². The Kier molecular flexibility index (Phi) is 4.45. The fourth-order valence-corrected chi connectivity index (χ4v) is 3.27. The third kappa shape index (κ3) is 3.43. The van der Waals surface area contributed by atoms with E-state index < -0.39 is 0 Å². The summed E-state index contributed by atoms with van der Waals surface area (Å²) in [6.07, 6.45) is 10.7. The van der Waals surface area contributed by atoms with Crippen molar-refractivity contribution in [2.75, 3.05) is 11.9 Å². The van der Waals surface area contributed by atoms with Crippen LogP contribution in [-0.4, -0.2) is 16.5 Å². The molecule has 0 spiro atoms. The van der Waals surface area contributed by atoms with Crippen LogP contribution in [0.2, 0.25) is 5.15 Å². The molecule has 2 fully saturated rings. The number of rotatable bonds is 6. The normalized spacial score (nSPS) is 19.5. The monoisotopic (exact) mass is 293 g/mol. The molecule has 2 aliphatic rings. The molecule has 0 aromatic carbocycles. The van der Waals surface area contributed by atoms with E-state index in [4.69, 9.17) is 11.6 Å². The Morgan fingerprint density at radius 3 is 2.60 bits per heavy atom. The van der Waals surface area contributed by atoms with Crippen LogP contribution >= 0.6 is 11.6 Å². The summed E-state index contributed by atoms with van der Waals surface area (Å²) < 4.78 is 0. The fourth-order valence-electron chi connectivity index (χ4n) is 3.10. The topological polar surface area (TPSA) is 37.8 Å². The van der Waals surface area contributed by atoms with Crippen molar-refractivity contribution >= 4 is 17.4 Å². The Balaban J connectivity index is 1.53. The quantitative estimate of drug-likeness (QED) is 0.610. The highest BCUT2D eigenvalue weighted by Crippen LogP contribution is 2.39. The Morgan fingerprint density at radius 2 is 1.90 bits per heavy atom. The van der Waals surface area contributed by atoms with E-state index in [9.17, 15) is 0 Å². The van der Waals surface area contributed by atoms with E-state index in [1.807, 2.05) is 6.92 Å². The first kappa shape index (κ1) is 14.1. The van der Waals surface area contributed by atoms with Crippen molar-refractivity contribution in [1.29, 1.82) is 0 Å². The van der Waals surface area contributed by atoms with E-state index in [1.165, 1.54) is 51.4 Å². The van der Waals surface area contributed by atoms with Crippen molar-refractivity contribution in [1.82, 2.24) is 9.97 Å². The van der Waals surface area contributed by atoms with Crippen LogP contribution in [0, 0.1) is 12.8 Å². The fraction of sp³-hybridized carbons (Fsp3) is 0.750. The van der Waals surface area contributed by atoms with Gasteiger partial charge in [-0.15, -0.1) is 0 Å². The smallest absolute Gasteiger partial charge is 0.137 e. The second-order valence-electron chi connectivity index (χ2n) is 6.34. The van der Waals surface area contributed by atoms with Crippen molar-refractivity contribution in [3.05, 3.63) is 16.5 Å². The Labute approximate surface area is 126 Å². The summed E-state index contributed by atoms with van der Waals surface area (Å²) in [6.45, 7) is 2.99. The third-order valence-electron chi connectivity index (χ3n) is 4.60. The molecule has 0 atom stereocenters. The minimum Gasteiger partial charge on any atom is -0.370 e. The molecule has 1 N–H and O–H groups in total. The van der Waals surface area contributed by atoms with Crippen molar-refractivity contribution in [2.24, 2.45) is 5.92 Å². The molecule has 0 unspecified atom stereocenters. The zero-order valence-corrected chi connectivity index (χ0v) is 13.0. The van der Waals surface area contributed by atoms with Gasteiger partial charge in [-0.2, -0.15) is 0 Å². The summed E-state index contributed by atoms with van der Waals surface area (Å²) in [5.41, 5.74) is 0.983. The number of halogens is 1. The number of hydrogen-bond donors (Lipinski definition) is 1. The summed E-state index contributed by atoms with van der Waals surface area (Å²) in [5.74, 6) is 3.39. The predicted octanol–water partition coefficient (Wildman–Crippen LogP) is 4.70. The minimum atomic E-state index is 0.548. The predicted molar refractivity (Wildman–Crippen MR) is 83.4 cm³/mol. The van der Waals surface area contributed by atoms with Gasteiger partial charge in [-0.3, -0.25) is 0 Å². The lowest BCUT2D eigenvalue weighted by Crippen LogP contribution is -2.09. The van der Waals surface area contributed by atoms with Crippen molar-refractivity contribution in [3.63, 3.8) is 0 Å². The van der Waals surface area contributed by atoms with Gasteiger partial charge in [-0.25, -0.2) is 9.97 Å². The van der Waals surface area contributed by atoms with E-state index in [2.05, 4.69) is 15.3 Å². The average molecular weight is 294 g/mol. The number of nitrogens with one attached hydrogen (secondary N) is 1. The van der Waals surface area contributed by atoms with Gasteiger partial charge in [-0.1, -0.05) is 37.3 Å². The van der Waals surface area contributed by atoms with Gasteiger partial charge in [-0.05, 0) is 38.5 Å². The summed E-state index contributed by atoms with van der Waals surface area (Å²) >= 11 is 6.22. The maximum atomic E-state index is 6.22. The van der Waals surface area contributed by atoms with E-state index >= 15 is 0 Å². The van der Waals surface area contributed by atoms with E-state index in [0.717, 1.165) is 29.7 Å². The third-order valence-corrected chi connectivity index (χ3v) is 4.97. The van der Waals surface area contributed by atoms with Crippen LogP contribution < -0.4 is 5.32 Å². The highest BCUT2D eigenvalue weighted by molar-refractivity contribution is 6.30. The summed E-state index contributed by atoms with van der Waals surface area (Å²) in [6, 6.07) is 0. The van der Waals surface area contributed by atoms with Gasteiger partial charge in [0.2, 0.25) is 0 Å². The lowest BCUT2D eigenvalue weighted by atomic mass is 10.0. The van der Waals surface area contributed by atoms with Crippen LogP contribution in [0.1, 0.15) is 68.7 Å². The minimum absolute atomic E-state index is 0.548. The van der Waals surface area contributed by atoms with Crippen LogP contribution in [0.15, 0.2) is 0 Å². The Hall–Kier alpha value is -0.830. The molecule has 110 valence electrons. The maximum Gasteiger partial charge on any atom is 0.137 e. The van der Waals surface area contributed by atoms with Crippen molar-refractivity contribution < 1.29 is 0 Å². The van der Waals surface area contributed by atoms with Gasteiger partial charge < -0.3 is 5.32 Å². The molecule has 0 saturated heterocycles. The molecule has 4 heteroatoms. The molecule has 2 saturated carbocycles. The summed E-state index contributed by atoms with van der Waals surface area (Å²) in [5, 5.41) is 4.08. The first-order chi connectivity index (χ1) is 9.74. The van der Waals surface area contributed by atoms with E-state index in [-0.39, 0.29) is 0 Å². The number of hydrogen-bond acceptors (Lipinski definition) is 3. The standard InChI is InChI=1S/C16H24ClN3/c1-11-14(17)19-16(13-8-9-13)20-15(11)18-10-4-7-12-5-2-3-6-12/h12-13H,2-10H2,1H3,(H,18,19,20). The van der Waals surface area contributed by atoms with E-state index in [1.54, 1.807) is 0 Å². The largest absolute Gasteiger partial charge is 0.370 e. The van der Waals surface area contributed by atoms with Gasteiger partial charge in [0.25, 0.3) is 0 Å². The zero-order chi connectivity index (χ0) is 13.9. The van der Waals surface area contributed by atoms with Crippen LogP contribution in [0.25, 0.3) is 0 Å². The van der Waals surface area contributed by atoms with Crippen LogP contribution in [0.3, 0.4) is 0 Å². The maximum absolute atomic E-state index is 6.22. The van der Waals surface area contributed by atoms with Crippen LogP contribution in [-0.2, 0) is 0 Å². The summed E-state index contributed by atoms with van der Waals surface area (Å²) in [4.78, 5) is 9.06. The van der Waals surface area contributed by atoms with Crippen LogP contribution in [0.4, 0.5) is 5.82 Å². The average Bonchev–Trinajstić information content (AvgIpc) is 3.16. The highest BCUT2D eigenvalue weighted by atomic mass is 35.5. The van der Waals surface area contributed by atoms with Gasteiger partial charge in [0.05, 0.1) is 0 Å². The molecule has 0 radical (unpaired) electrons. The van der Waals surface area contributed by atoms with Gasteiger partial charge in [0.15, 0.2) is 0 Å². The molecule has 0 aliphatic heterocycles. The molecule has 2 aliphatic carbocycles. The molecule has 20 heavy (non-hydrogen) atoms. The van der Waals surface area contributed by atoms with Gasteiger partial charge in [0, 0.05) is 18.0 Å². The first-order valence-corrected chi connectivity index (χ1v) is 8.39. The summed E-state index contributed by atoms with van der Waals surface area (Å²) in [7, 11) is 0. The van der Waals surface area contributed by atoms with Crippen molar-refractivity contribution in [2.45, 2.75) is 64.2 Å². The molecular formula is C16H24ClN3. The lowest BCUT2D eigenvalue weighted by molar-refractivity contribution is 0.491. The number of aromatic nitrogens is 2. The molecule has 3 rings (SSSR count). The molecule has 3 nitrogen and oxygen atoms in total. The van der Waals surface area contributed by atoms with Crippen LogP contribution in [0.5, 0.6) is 0 Å². The molecule has 1 aromatic heterocycles. The van der Waals surface area contributed by atoms with Gasteiger partial charge in [0.1, 0.15) is 16.8 Å².